The molecule has 0 radical (unpaired) electrons. The fraction of sp³-hybridized carbons (Fsp3) is 0.222. The molecule has 0 spiro atoms. The summed E-state index contributed by atoms with van der Waals surface area (Å²) in [5.41, 5.74) is 7.50. The highest BCUT2D eigenvalue weighted by Crippen LogP contribution is 2.31. The second kappa shape index (κ2) is 7.40. The maximum absolute atomic E-state index is 13.6. The molecule has 0 bridgehead atoms. The van der Waals surface area contributed by atoms with Crippen molar-refractivity contribution in [3.8, 4) is 22.9 Å². The molecule has 0 fully saturated rings. The maximum Gasteiger partial charge on any atom is 0.257 e. The molecular formula is C18H17FN6O2. The Morgan fingerprint density at radius 2 is 2.00 bits per heavy atom. The lowest BCUT2D eigenvalue weighted by Gasteiger charge is -2.19. The number of nitrogens with two attached hydrogens (primary N) is 1. The van der Waals surface area contributed by atoms with Gasteiger partial charge in [0.2, 0.25) is 0 Å². The third kappa shape index (κ3) is 3.71. The van der Waals surface area contributed by atoms with Crippen LogP contribution in [0.1, 0.15) is 5.56 Å². The van der Waals surface area contributed by atoms with Gasteiger partial charge in [-0.15, -0.1) is 0 Å². The Bertz CT molecular complexity index is 968. The van der Waals surface area contributed by atoms with Crippen molar-refractivity contribution in [2.75, 3.05) is 30.8 Å². The second-order valence-corrected chi connectivity index (χ2v) is 5.86. The van der Waals surface area contributed by atoms with E-state index in [0.717, 1.165) is 5.56 Å². The number of ether oxygens (including phenoxy) is 2. The second-order valence-electron chi connectivity index (χ2n) is 5.86. The van der Waals surface area contributed by atoms with Crippen molar-refractivity contribution in [1.29, 1.82) is 0 Å². The van der Waals surface area contributed by atoms with Gasteiger partial charge in [-0.05, 0) is 18.6 Å². The molecule has 0 saturated carbocycles. The quantitative estimate of drug-likeness (QED) is 0.705. The molecule has 0 amide bonds. The lowest BCUT2D eigenvalue weighted by atomic mass is 10.1. The summed E-state index contributed by atoms with van der Waals surface area (Å²) >= 11 is 0. The molecule has 3 aromatic heterocycles. The molecule has 0 atom stereocenters. The molecule has 0 saturated heterocycles. The Kier molecular flexibility index (Phi) is 4.65. The van der Waals surface area contributed by atoms with Gasteiger partial charge in [-0.2, -0.15) is 0 Å². The first-order chi connectivity index (χ1) is 13.2. The van der Waals surface area contributed by atoms with Crippen molar-refractivity contribution < 1.29 is 13.9 Å². The topological polar surface area (TPSA) is 108 Å². The third-order valence-corrected chi connectivity index (χ3v) is 4.05. The average Bonchev–Trinajstić information content (AvgIpc) is 2.70. The minimum Gasteiger partial charge on any atom is -0.484 e. The number of rotatable bonds is 5. The molecule has 1 aliphatic heterocycles. The molecule has 4 rings (SSSR count). The van der Waals surface area contributed by atoms with E-state index in [-0.39, 0.29) is 5.82 Å². The minimum absolute atomic E-state index is 0.141. The molecule has 3 aromatic rings. The van der Waals surface area contributed by atoms with Crippen LogP contribution in [0.3, 0.4) is 0 Å². The zero-order valence-electron chi connectivity index (χ0n) is 14.4. The standard InChI is InChI=1S/C18H17FN6O2/c19-13-7-12(9-23-17(13)20)14-8-15(25-10-24-14)21-3-1-11-2-4-22-18-16(11)26-5-6-27-18/h2,4,7-10H,1,3,5-6H2,(H2,20,23)(H,21,24,25). The molecule has 27 heavy (non-hydrogen) atoms. The summed E-state index contributed by atoms with van der Waals surface area (Å²) in [5, 5.41) is 3.23. The monoisotopic (exact) mass is 368 g/mol. The van der Waals surface area contributed by atoms with Gasteiger partial charge in [0.1, 0.15) is 25.4 Å². The van der Waals surface area contributed by atoms with Gasteiger partial charge >= 0.3 is 0 Å². The van der Waals surface area contributed by atoms with Crippen LogP contribution in [0.5, 0.6) is 11.6 Å². The average molecular weight is 368 g/mol. The molecule has 4 heterocycles. The Labute approximate surface area is 154 Å². The summed E-state index contributed by atoms with van der Waals surface area (Å²) in [6.45, 7) is 1.64. The number of halogens is 1. The van der Waals surface area contributed by atoms with E-state index in [0.29, 0.717) is 54.9 Å². The number of nitrogens with one attached hydrogen (secondary N) is 1. The molecule has 0 aliphatic carbocycles. The van der Waals surface area contributed by atoms with Gasteiger partial charge in [-0.25, -0.2) is 24.3 Å². The highest BCUT2D eigenvalue weighted by Gasteiger charge is 2.16. The summed E-state index contributed by atoms with van der Waals surface area (Å²) in [7, 11) is 0. The van der Waals surface area contributed by atoms with Crippen LogP contribution >= 0.6 is 0 Å². The normalized spacial score (nSPS) is 12.6. The van der Waals surface area contributed by atoms with Crippen LogP contribution in [-0.2, 0) is 6.42 Å². The van der Waals surface area contributed by atoms with Gasteiger partial charge in [-0.1, -0.05) is 0 Å². The van der Waals surface area contributed by atoms with Crippen molar-refractivity contribution in [2.24, 2.45) is 0 Å². The van der Waals surface area contributed by atoms with E-state index in [1.807, 2.05) is 6.07 Å². The number of nitrogens with zero attached hydrogens (tertiary/aromatic N) is 4. The van der Waals surface area contributed by atoms with Crippen molar-refractivity contribution in [3.63, 3.8) is 0 Å². The SMILES string of the molecule is Nc1ncc(-c2cc(NCCc3ccnc4c3OCCO4)ncn2)cc1F. The number of hydrogen-bond acceptors (Lipinski definition) is 8. The van der Waals surface area contributed by atoms with Gasteiger partial charge in [0.15, 0.2) is 17.4 Å². The van der Waals surface area contributed by atoms with Crippen molar-refractivity contribution in [2.45, 2.75) is 6.42 Å². The molecule has 0 aromatic carbocycles. The molecular weight excluding hydrogens is 351 g/mol. The smallest absolute Gasteiger partial charge is 0.257 e. The van der Waals surface area contributed by atoms with E-state index < -0.39 is 5.82 Å². The first-order valence-electron chi connectivity index (χ1n) is 8.41. The molecule has 0 unspecified atom stereocenters. The van der Waals surface area contributed by atoms with Crippen molar-refractivity contribution in [1.82, 2.24) is 19.9 Å². The van der Waals surface area contributed by atoms with E-state index in [1.165, 1.54) is 18.6 Å². The third-order valence-electron chi connectivity index (χ3n) is 4.05. The van der Waals surface area contributed by atoms with Crippen LogP contribution in [0, 0.1) is 5.82 Å². The summed E-state index contributed by atoms with van der Waals surface area (Å²) in [6.07, 6.45) is 5.29. The predicted molar refractivity (Wildman–Crippen MR) is 97.1 cm³/mol. The van der Waals surface area contributed by atoms with Gasteiger partial charge in [0.25, 0.3) is 5.88 Å². The number of fused-ring (bicyclic) bond motifs is 1. The predicted octanol–water partition coefficient (Wildman–Crippen LogP) is 2.08. The van der Waals surface area contributed by atoms with Crippen LogP contribution in [0.25, 0.3) is 11.3 Å². The first-order valence-corrected chi connectivity index (χ1v) is 8.41. The zero-order valence-corrected chi connectivity index (χ0v) is 14.4. The largest absolute Gasteiger partial charge is 0.484 e. The van der Waals surface area contributed by atoms with E-state index in [2.05, 4.69) is 25.3 Å². The summed E-state index contributed by atoms with van der Waals surface area (Å²) in [5.74, 6) is 1.12. The van der Waals surface area contributed by atoms with E-state index in [4.69, 9.17) is 15.2 Å². The Morgan fingerprint density at radius 3 is 2.89 bits per heavy atom. The zero-order chi connectivity index (χ0) is 18.6. The highest BCUT2D eigenvalue weighted by atomic mass is 19.1. The molecule has 3 N–H and O–H groups in total. The van der Waals surface area contributed by atoms with Crippen LogP contribution in [-0.4, -0.2) is 39.7 Å². The van der Waals surface area contributed by atoms with Crippen molar-refractivity contribution in [3.05, 3.63) is 48.3 Å². The van der Waals surface area contributed by atoms with E-state index in [9.17, 15) is 4.39 Å². The summed E-state index contributed by atoms with van der Waals surface area (Å²) in [6, 6.07) is 4.94. The minimum atomic E-state index is -0.578. The lowest BCUT2D eigenvalue weighted by Crippen LogP contribution is -2.18. The Hall–Kier alpha value is -3.49. The number of anilines is 2. The van der Waals surface area contributed by atoms with Crippen LogP contribution in [0.2, 0.25) is 0 Å². The van der Waals surface area contributed by atoms with Crippen LogP contribution in [0.15, 0.2) is 36.9 Å². The maximum atomic E-state index is 13.6. The Morgan fingerprint density at radius 1 is 1.11 bits per heavy atom. The molecule has 138 valence electrons. The summed E-state index contributed by atoms with van der Waals surface area (Å²) in [4.78, 5) is 16.3. The fourth-order valence-electron chi connectivity index (χ4n) is 2.73. The number of nitrogen functional groups attached to an aromatic ring is 1. The first kappa shape index (κ1) is 17.0. The number of hydrogen-bond donors (Lipinski definition) is 2. The Balaban J connectivity index is 1.44. The molecule has 9 heteroatoms. The molecule has 1 aliphatic rings. The van der Waals surface area contributed by atoms with Crippen molar-refractivity contribution >= 4 is 11.6 Å². The van der Waals surface area contributed by atoms with Crippen LogP contribution < -0.4 is 20.5 Å². The van der Waals surface area contributed by atoms with Crippen LogP contribution in [0.4, 0.5) is 16.0 Å². The van der Waals surface area contributed by atoms with Gasteiger partial charge in [0.05, 0.1) is 5.69 Å². The van der Waals surface area contributed by atoms with Gasteiger partial charge in [-0.3, -0.25) is 0 Å². The van der Waals surface area contributed by atoms with E-state index >= 15 is 0 Å². The number of pyridine rings is 2. The highest BCUT2D eigenvalue weighted by molar-refractivity contribution is 5.62. The fourth-order valence-corrected chi connectivity index (χ4v) is 2.73. The number of aromatic nitrogens is 4. The van der Waals surface area contributed by atoms with Gasteiger partial charge in [0, 0.05) is 36.1 Å². The lowest BCUT2D eigenvalue weighted by molar-refractivity contribution is 0.163. The van der Waals surface area contributed by atoms with E-state index in [1.54, 1.807) is 12.3 Å². The van der Waals surface area contributed by atoms with Gasteiger partial charge < -0.3 is 20.5 Å². The molecule has 8 nitrogen and oxygen atoms in total. The summed E-state index contributed by atoms with van der Waals surface area (Å²) < 4.78 is 24.8.